The number of rotatable bonds is 3. The summed E-state index contributed by atoms with van der Waals surface area (Å²) in [6.45, 7) is 0. The minimum atomic E-state index is -0.166. The molecule has 0 unspecified atom stereocenters. The molecule has 1 N–H and O–H groups in total. The molecule has 1 heterocycles. The summed E-state index contributed by atoms with van der Waals surface area (Å²) >= 11 is 7.11. The highest BCUT2D eigenvalue weighted by Gasteiger charge is 2.07. The quantitative estimate of drug-likeness (QED) is 0.791. The van der Waals surface area contributed by atoms with Crippen molar-refractivity contribution in [1.29, 1.82) is 0 Å². The highest BCUT2D eigenvalue weighted by Crippen LogP contribution is 2.19. The van der Waals surface area contributed by atoms with Gasteiger partial charge in [-0.3, -0.25) is 4.79 Å². The zero-order chi connectivity index (χ0) is 14.7. The molecule has 3 rings (SSSR count). The lowest BCUT2D eigenvalue weighted by Gasteiger charge is -2.05. The molecule has 0 aliphatic heterocycles. The number of aromatic nitrogens is 2. The van der Waals surface area contributed by atoms with E-state index in [1.54, 1.807) is 36.4 Å². The molecular weight excluding hydrogens is 306 g/mol. The van der Waals surface area contributed by atoms with Crippen molar-refractivity contribution in [1.82, 2.24) is 9.59 Å². The van der Waals surface area contributed by atoms with Crippen molar-refractivity contribution in [2.24, 2.45) is 0 Å². The third-order valence-corrected chi connectivity index (χ3v) is 3.66. The minimum absolute atomic E-state index is 0.166. The molecule has 0 saturated heterocycles. The number of halogens is 1. The molecule has 0 saturated carbocycles. The topological polar surface area (TPSA) is 54.9 Å². The van der Waals surface area contributed by atoms with E-state index in [2.05, 4.69) is 14.9 Å². The molecule has 1 aromatic heterocycles. The van der Waals surface area contributed by atoms with E-state index in [0.717, 1.165) is 11.3 Å². The van der Waals surface area contributed by atoms with Crippen LogP contribution in [0.1, 0.15) is 10.4 Å². The molecular formula is C15H10ClN3OS. The third kappa shape index (κ3) is 3.26. The van der Waals surface area contributed by atoms with E-state index in [9.17, 15) is 4.79 Å². The van der Waals surface area contributed by atoms with Crippen LogP contribution in [0.25, 0.3) is 11.3 Å². The van der Waals surface area contributed by atoms with Crippen molar-refractivity contribution in [2.75, 3.05) is 5.32 Å². The predicted octanol–water partition coefficient (Wildman–Crippen LogP) is 4.11. The number of carbonyl (C=O) groups excluding carboxylic acids is 1. The van der Waals surface area contributed by atoms with E-state index in [1.807, 2.05) is 17.5 Å². The Morgan fingerprint density at radius 2 is 1.76 bits per heavy atom. The third-order valence-electron chi connectivity index (χ3n) is 2.90. The maximum absolute atomic E-state index is 12.1. The maximum Gasteiger partial charge on any atom is 0.255 e. The normalized spacial score (nSPS) is 10.3. The zero-order valence-corrected chi connectivity index (χ0v) is 12.4. The zero-order valence-electron chi connectivity index (χ0n) is 10.8. The molecule has 21 heavy (non-hydrogen) atoms. The smallest absolute Gasteiger partial charge is 0.255 e. The monoisotopic (exact) mass is 315 g/mol. The Balaban J connectivity index is 1.74. The fourth-order valence-corrected chi connectivity index (χ4v) is 2.41. The van der Waals surface area contributed by atoms with Gasteiger partial charge >= 0.3 is 0 Å². The Labute approximate surface area is 130 Å². The Morgan fingerprint density at radius 3 is 2.38 bits per heavy atom. The molecule has 4 nitrogen and oxygen atoms in total. The number of anilines is 1. The molecule has 6 heteroatoms. The molecule has 0 aliphatic rings. The molecule has 0 atom stereocenters. The fraction of sp³-hybridized carbons (Fsp3) is 0. The van der Waals surface area contributed by atoms with Crippen LogP contribution in [0.3, 0.4) is 0 Å². The van der Waals surface area contributed by atoms with Crippen LogP contribution in [-0.4, -0.2) is 15.5 Å². The Bertz CT molecular complexity index is 740. The van der Waals surface area contributed by atoms with E-state index in [-0.39, 0.29) is 5.91 Å². The van der Waals surface area contributed by atoms with Crippen LogP contribution in [0.2, 0.25) is 5.02 Å². The van der Waals surface area contributed by atoms with Gasteiger partial charge in [0.05, 0.1) is 0 Å². The summed E-state index contributed by atoms with van der Waals surface area (Å²) in [5.74, 6) is -0.166. The van der Waals surface area contributed by atoms with E-state index in [1.165, 1.54) is 11.5 Å². The van der Waals surface area contributed by atoms with Crippen molar-refractivity contribution >= 4 is 34.7 Å². The van der Waals surface area contributed by atoms with Crippen LogP contribution >= 0.6 is 23.1 Å². The Morgan fingerprint density at radius 1 is 1.05 bits per heavy atom. The first-order chi connectivity index (χ1) is 10.2. The first kappa shape index (κ1) is 13.7. The van der Waals surface area contributed by atoms with Gasteiger partial charge in [-0.2, -0.15) is 0 Å². The van der Waals surface area contributed by atoms with Gasteiger partial charge in [0.1, 0.15) is 5.69 Å². The van der Waals surface area contributed by atoms with Crippen LogP contribution < -0.4 is 5.32 Å². The van der Waals surface area contributed by atoms with Gasteiger partial charge in [-0.15, -0.1) is 5.10 Å². The van der Waals surface area contributed by atoms with Gasteiger partial charge < -0.3 is 5.32 Å². The number of nitrogens with zero attached hydrogens (tertiary/aromatic N) is 2. The molecule has 0 bridgehead atoms. The second kappa shape index (κ2) is 6.03. The van der Waals surface area contributed by atoms with Crippen molar-refractivity contribution in [3.05, 3.63) is 64.5 Å². The molecule has 1 amide bonds. The molecule has 0 aliphatic carbocycles. The van der Waals surface area contributed by atoms with Crippen LogP contribution in [0.5, 0.6) is 0 Å². The van der Waals surface area contributed by atoms with Crippen molar-refractivity contribution in [2.45, 2.75) is 0 Å². The molecule has 0 fully saturated rings. The highest BCUT2D eigenvalue weighted by molar-refractivity contribution is 7.03. The standard InChI is InChI=1S/C15H10ClN3OS/c16-12-5-7-13(8-6-12)17-15(20)11-3-1-10(2-4-11)14-9-21-19-18-14/h1-9H,(H,17,20). The number of hydrogen-bond donors (Lipinski definition) is 1. The van der Waals surface area contributed by atoms with Gasteiger partial charge in [0, 0.05) is 27.2 Å². The average molecular weight is 316 g/mol. The van der Waals surface area contributed by atoms with Gasteiger partial charge in [-0.25, -0.2) is 0 Å². The number of amides is 1. The number of hydrogen-bond acceptors (Lipinski definition) is 4. The lowest BCUT2D eigenvalue weighted by Crippen LogP contribution is -2.11. The maximum atomic E-state index is 12.1. The van der Waals surface area contributed by atoms with Crippen LogP contribution in [-0.2, 0) is 0 Å². The summed E-state index contributed by atoms with van der Waals surface area (Å²) in [6.07, 6.45) is 0. The number of benzene rings is 2. The summed E-state index contributed by atoms with van der Waals surface area (Å²) in [7, 11) is 0. The molecule has 0 spiro atoms. The second-order valence-electron chi connectivity index (χ2n) is 4.33. The lowest BCUT2D eigenvalue weighted by atomic mass is 10.1. The van der Waals surface area contributed by atoms with E-state index < -0.39 is 0 Å². The summed E-state index contributed by atoms with van der Waals surface area (Å²) in [5, 5.41) is 9.31. The number of carbonyl (C=O) groups is 1. The van der Waals surface area contributed by atoms with Crippen molar-refractivity contribution < 1.29 is 4.79 Å². The van der Waals surface area contributed by atoms with Crippen LogP contribution in [0.4, 0.5) is 5.69 Å². The van der Waals surface area contributed by atoms with Gasteiger partial charge in [0.2, 0.25) is 0 Å². The minimum Gasteiger partial charge on any atom is -0.322 e. The second-order valence-corrected chi connectivity index (χ2v) is 5.37. The first-order valence-corrected chi connectivity index (χ1v) is 7.38. The van der Waals surface area contributed by atoms with Crippen LogP contribution in [0.15, 0.2) is 53.9 Å². The average Bonchev–Trinajstić information content (AvgIpc) is 3.04. The van der Waals surface area contributed by atoms with Crippen molar-refractivity contribution in [3.8, 4) is 11.3 Å². The molecule has 104 valence electrons. The van der Waals surface area contributed by atoms with Gasteiger partial charge in [0.25, 0.3) is 5.91 Å². The summed E-state index contributed by atoms with van der Waals surface area (Å²) in [6, 6.07) is 14.2. The largest absolute Gasteiger partial charge is 0.322 e. The van der Waals surface area contributed by atoms with Crippen LogP contribution in [0, 0.1) is 0 Å². The Hall–Kier alpha value is -2.24. The van der Waals surface area contributed by atoms with E-state index >= 15 is 0 Å². The molecule has 2 aromatic carbocycles. The summed E-state index contributed by atoms with van der Waals surface area (Å²) < 4.78 is 3.82. The van der Waals surface area contributed by atoms with Gasteiger partial charge in [0.15, 0.2) is 0 Å². The first-order valence-electron chi connectivity index (χ1n) is 6.17. The van der Waals surface area contributed by atoms with Gasteiger partial charge in [-0.1, -0.05) is 28.2 Å². The fourth-order valence-electron chi connectivity index (χ4n) is 1.82. The molecule has 3 aromatic rings. The van der Waals surface area contributed by atoms with E-state index in [4.69, 9.17) is 11.6 Å². The SMILES string of the molecule is O=C(Nc1ccc(Cl)cc1)c1ccc(-c2csnn2)cc1. The predicted molar refractivity (Wildman–Crippen MR) is 84.8 cm³/mol. The summed E-state index contributed by atoms with van der Waals surface area (Å²) in [4.78, 5) is 12.1. The van der Waals surface area contributed by atoms with E-state index in [0.29, 0.717) is 16.3 Å². The highest BCUT2D eigenvalue weighted by atomic mass is 35.5. The Kier molecular flexibility index (Phi) is 3.94. The molecule has 0 radical (unpaired) electrons. The summed E-state index contributed by atoms with van der Waals surface area (Å²) in [5.41, 5.74) is 3.03. The van der Waals surface area contributed by atoms with Gasteiger partial charge in [-0.05, 0) is 47.9 Å². The number of nitrogens with one attached hydrogen (secondary N) is 1. The lowest BCUT2D eigenvalue weighted by molar-refractivity contribution is 0.102. The van der Waals surface area contributed by atoms with Crippen molar-refractivity contribution in [3.63, 3.8) is 0 Å².